The van der Waals surface area contributed by atoms with Crippen LogP contribution in [0.4, 0.5) is 0 Å². The summed E-state index contributed by atoms with van der Waals surface area (Å²) in [6.07, 6.45) is 1.83. The minimum atomic E-state index is -0.872. The molecule has 6 nitrogen and oxygen atoms in total. The average Bonchev–Trinajstić information content (AvgIpc) is 2.95. The molecule has 0 amide bonds. The van der Waals surface area contributed by atoms with E-state index in [4.69, 9.17) is 4.74 Å². The first-order valence-electron chi connectivity index (χ1n) is 6.99. The Bertz CT molecular complexity index is 492. The van der Waals surface area contributed by atoms with Crippen LogP contribution in [0, 0.1) is 0 Å². The van der Waals surface area contributed by atoms with Gasteiger partial charge in [-0.2, -0.15) is 0 Å². The number of hydrazine groups is 1. The van der Waals surface area contributed by atoms with Crippen molar-refractivity contribution >= 4 is 11.9 Å². The van der Waals surface area contributed by atoms with Gasteiger partial charge in [0.15, 0.2) is 0 Å². The predicted molar refractivity (Wildman–Crippen MR) is 76.4 cm³/mol. The third kappa shape index (κ3) is 4.03. The third-order valence-electron chi connectivity index (χ3n) is 3.63. The number of rotatable bonds is 6. The summed E-state index contributed by atoms with van der Waals surface area (Å²) in [6, 6.07) is 8.39. The van der Waals surface area contributed by atoms with E-state index in [1.807, 2.05) is 30.3 Å². The van der Waals surface area contributed by atoms with Crippen LogP contribution in [0.2, 0.25) is 0 Å². The van der Waals surface area contributed by atoms with Crippen LogP contribution in [0.25, 0.3) is 0 Å². The molecule has 0 aromatic heterocycles. The van der Waals surface area contributed by atoms with Gasteiger partial charge in [-0.1, -0.05) is 30.3 Å². The Labute approximate surface area is 123 Å². The minimum absolute atomic E-state index is 0.394. The highest BCUT2D eigenvalue weighted by Gasteiger charge is 2.33. The molecule has 0 bridgehead atoms. The molecule has 0 spiro atoms. The number of ether oxygens (including phenoxy) is 1. The van der Waals surface area contributed by atoms with E-state index in [0.717, 1.165) is 12.0 Å². The number of aliphatic carboxylic acids is 1. The molecule has 0 unspecified atom stereocenters. The van der Waals surface area contributed by atoms with Crippen LogP contribution >= 0.6 is 0 Å². The number of hydrogen-bond acceptors (Lipinski definition) is 5. The molecule has 1 aromatic carbocycles. The van der Waals surface area contributed by atoms with Gasteiger partial charge in [-0.3, -0.25) is 9.59 Å². The molecule has 114 valence electrons. The monoisotopic (exact) mass is 292 g/mol. The predicted octanol–water partition coefficient (Wildman–Crippen LogP) is 0.824. The van der Waals surface area contributed by atoms with Crippen molar-refractivity contribution < 1.29 is 19.4 Å². The Morgan fingerprint density at radius 2 is 2.14 bits per heavy atom. The number of carbonyl (C=O) groups excluding carboxylic acids is 1. The van der Waals surface area contributed by atoms with Crippen molar-refractivity contribution in [3.8, 4) is 0 Å². The number of methoxy groups -OCH3 is 1. The van der Waals surface area contributed by atoms with E-state index >= 15 is 0 Å². The van der Waals surface area contributed by atoms with Crippen molar-refractivity contribution in [2.45, 2.75) is 31.3 Å². The molecule has 1 aliphatic heterocycles. The van der Waals surface area contributed by atoms with Crippen LogP contribution in [-0.2, 0) is 20.7 Å². The smallest absolute Gasteiger partial charge is 0.324 e. The average molecular weight is 292 g/mol. The molecule has 1 aromatic rings. The summed E-state index contributed by atoms with van der Waals surface area (Å²) in [4.78, 5) is 23.1. The van der Waals surface area contributed by atoms with Crippen molar-refractivity contribution in [2.24, 2.45) is 0 Å². The van der Waals surface area contributed by atoms with Crippen molar-refractivity contribution in [2.75, 3.05) is 13.7 Å². The zero-order chi connectivity index (χ0) is 15.2. The largest absolute Gasteiger partial charge is 0.480 e. The molecule has 1 aliphatic rings. The first-order chi connectivity index (χ1) is 10.1. The first-order valence-corrected chi connectivity index (χ1v) is 6.99. The van der Waals surface area contributed by atoms with Crippen LogP contribution in [0.1, 0.15) is 18.4 Å². The van der Waals surface area contributed by atoms with Crippen molar-refractivity contribution in [1.29, 1.82) is 0 Å². The van der Waals surface area contributed by atoms with E-state index in [0.29, 0.717) is 19.4 Å². The van der Waals surface area contributed by atoms with E-state index in [-0.39, 0.29) is 0 Å². The molecule has 1 heterocycles. The number of carboxylic acids is 1. The van der Waals surface area contributed by atoms with E-state index in [2.05, 4.69) is 5.43 Å². The van der Waals surface area contributed by atoms with Gasteiger partial charge in [-0.15, -0.1) is 0 Å². The van der Waals surface area contributed by atoms with Gasteiger partial charge >= 0.3 is 11.9 Å². The lowest BCUT2D eigenvalue weighted by Crippen LogP contribution is -2.53. The lowest BCUT2D eigenvalue weighted by Gasteiger charge is -2.27. The SMILES string of the molecule is COC(=O)[C@H](Cc1ccccc1)NN1CCC[C@H]1C(=O)O. The first kappa shape index (κ1) is 15.5. The number of esters is 1. The Kier molecular flexibility index (Phi) is 5.30. The molecule has 1 saturated heterocycles. The maximum Gasteiger partial charge on any atom is 0.324 e. The van der Waals surface area contributed by atoms with Gasteiger partial charge in [0.1, 0.15) is 12.1 Å². The van der Waals surface area contributed by atoms with E-state index < -0.39 is 24.0 Å². The number of carbonyl (C=O) groups is 2. The van der Waals surface area contributed by atoms with Gasteiger partial charge in [0, 0.05) is 6.54 Å². The quantitative estimate of drug-likeness (QED) is 0.756. The fraction of sp³-hybridized carbons (Fsp3) is 0.467. The summed E-state index contributed by atoms with van der Waals surface area (Å²) >= 11 is 0. The molecule has 2 rings (SSSR count). The highest BCUT2D eigenvalue weighted by atomic mass is 16.5. The van der Waals surface area contributed by atoms with Gasteiger partial charge in [-0.05, 0) is 24.8 Å². The third-order valence-corrected chi connectivity index (χ3v) is 3.63. The fourth-order valence-electron chi connectivity index (χ4n) is 2.55. The highest BCUT2D eigenvalue weighted by Crippen LogP contribution is 2.16. The van der Waals surface area contributed by atoms with Crippen molar-refractivity contribution in [1.82, 2.24) is 10.4 Å². The maximum absolute atomic E-state index is 11.9. The number of hydrogen-bond donors (Lipinski definition) is 2. The van der Waals surface area contributed by atoms with Gasteiger partial charge in [-0.25, -0.2) is 10.4 Å². The number of nitrogens with one attached hydrogen (secondary N) is 1. The van der Waals surface area contributed by atoms with Crippen LogP contribution in [0.3, 0.4) is 0 Å². The molecular formula is C15H20N2O4. The summed E-state index contributed by atoms with van der Waals surface area (Å²) in [7, 11) is 1.33. The second-order valence-electron chi connectivity index (χ2n) is 5.08. The van der Waals surface area contributed by atoms with E-state index in [1.165, 1.54) is 7.11 Å². The molecular weight excluding hydrogens is 272 g/mol. The number of nitrogens with zero attached hydrogens (tertiary/aromatic N) is 1. The Morgan fingerprint density at radius 1 is 1.43 bits per heavy atom. The number of carboxylic acid groups (broad SMARTS) is 1. The standard InChI is InChI=1S/C15H20N2O4/c1-21-15(20)12(10-11-6-3-2-4-7-11)16-17-9-5-8-13(17)14(18)19/h2-4,6-7,12-13,16H,5,8-10H2,1H3,(H,18,19)/t12-,13-/m0/s1. The van der Waals surface area contributed by atoms with Crippen molar-refractivity contribution in [3.63, 3.8) is 0 Å². The fourth-order valence-corrected chi connectivity index (χ4v) is 2.55. The van der Waals surface area contributed by atoms with Crippen LogP contribution in [-0.4, -0.2) is 47.8 Å². The molecule has 2 atom stereocenters. The molecule has 2 N–H and O–H groups in total. The molecule has 0 saturated carbocycles. The van der Waals surface area contributed by atoms with Crippen LogP contribution in [0.15, 0.2) is 30.3 Å². The second kappa shape index (κ2) is 7.19. The lowest BCUT2D eigenvalue weighted by atomic mass is 10.1. The minimum Gasteiger partial charge on any atom is -0.480 e. The summed E-state index contributed by atoms with van der Waals surface area (Å²) in [5.74, 6) is -1.27. The maximum atomic E-state index is 11.9. The van der Waals surface area contributed by atoms with Crippen LogP contribution < -0.4 is 5.43 Å². The van der Waals surface area contributed by atoms with E-state index in [1.54, 1.807) is 5.01 Å². The zero-order valence-corrected chi connectivity index (χ0v) is 12.0. The van der Waals surface area contributed by atoms with Gasteiger partial charge < -0.3 is 9.84 Å². The highest BCUT2D eigenvalue weighted by molar-refractivity contribution is 5.76. The summed E-state index contributed by atoms with van der Waals surface area (Å²) in [5.41, 5.74) is 4.02. The Balaban J connectivity index is 2.06. The summed E-state index contributed by atoms with van der Waals surface area (Å²) < 4.78 is 4.82. The molecule has 1 fully saturated rings. The topological polar surface area (TPSA) is 78.9 Å². The second-order valence-corrected chi connectivity index (χ2v) is 5.08. The van der Waals surface area contributed by atoms with Crippen molar-refractivity contribution in [3.05, 3.63) is 35.9 Å². The Hall–Kier alpha value is -1.92. The van der Waals surface area contributed by atoms with Crippen LogP contribution in [0.5, 0.6) is 0 Å². The number of benzene rings is 1. The molecule has 21 heavy (non-hydrogen) atoms. The van der Waals surface area contributed by atoms with Gasteiger partial charge in [0.25, 0.3) is 0 Å². The Morgan fingerprint density at radius 3 is 2.76 bits per heavy atom. The van der Waals surface area contributed by atoms with Gasteiger partial charge in [0.05, 0.1) is 7.11 Å². The van der Waals surface area contributed by atoms with Gasteiger partial charge in [0.2, 0.25) is 0 Å². The molecule has 0 radical (unpaired) electrons. The van der Waals surface area contributed by atoms with E-state index in [9.17, 15) is 14.7 Å². The normalized spacial score (nSPS) is 20.1. The molecule has 6 heteroatoms. The summed E-state index contributed by atoms with van der Waals surface area (Å²) in [5, 5.41) is 10.8. The molecule has 0 aliphatic carbocycles. The lowest BCUT2D eigenvalue weighted by molar-refractivity contribution is -0.149. The summed E-state index contributed by atoms with van der Waals surface area (Å²) in [6.45, 7) is 0.610. The zero-order valence-electron chi connectivity index (χ0n) is 12.0.